The molecule has 5 unspecified atom stereocenters. The van der Waals surface area contributed by atoms with Gasteiger partial charge in [-0.2, -0.15) is 11.8 Å². The van der Waals surface area contributed by atoms with Gasteiger partial charge in [0.05, 0.1) is 0 Å². The second kappa shape index (κ2) is 6.75. The number of hydrogen-bond donors (Lipinski definition) is 1. The second-order valence-corrected chi connectivity index (χ2v) is 8.64. The largest absolute Gasteiger partial charge is 0.312 e. The molecule has 0 bridgehead atoms. The Labute approximate surface area is 134 Å². The summed E-state index contributed by atoms with van der Waals surface area (Å²) in [6.07, 6.45) is 7.04. The highest BCUT2D eigenvalue weighted by Crippen LogP contribution is 2.46. The fourth-order valence-corrected chi connectivity index (χ4v) is 6.36. The summed E-state index contributed by atoms with van der Waals surface area (Å²) in [5, 5.41) is 5.22. The smallest absolute Gasteiger partial charge is 0.0441 e. The van der Waals surface area contributed by atoms with Crippen LogP contribution in [0.15, 0.2) is 24.3 Å². The van der Waals surface area contributed by atoms with Crippen molar-refractivity contribution in [3.8, 4) is 0 Å². The van der Waals surface area contributed by atoms with E-state index >= 15 is 0 Å². The molecule has 1 fully saturated rings. The molecule has 0 amide bonds. The zero-order valence-electron chi connectivity index (χ0n) is 13.6. The average molecular weight is 304 g/mol. The predicted molar refractivity (Wildman–Crippen MR) is 94.1 cm³/mol. The molecule has 1 N–H and O–H groups in total. The van der Waals surface area contributed by atoms with E-state index in [9.17, 15) is 0 Å². The minimum Gasteiger partial charge on any atom is -0.312 e. The van der Waals surface area contributed by atoms with Crippen LogP contribution in [-0.2, 0) is 0 Å². The average Bonchev–Trinajstić information content (AvgIpc) is 2.48. The predicted octanol–water partition coefficient (Wildman–Crippen LogP) is 5.13. The highest BCUT2D eigenvalue weighted by molar-refractivity contribution is 8.00. The molecular formula is C19H29NS. The number of hydrogen-bond acceptors (Lipinski definition) is 2. The molecule has 2 aliphatic rings. The van der Waals surface area contributed by atoms with Gasteiger partial charge in [0.1, 0.15) is 0 Å². The van der Waals surface area contributed by atoms with Crippen molar-refractivity contribution in [1.82, 2.24) is 5.32 Å². The van der Waals surface area contributed by atoms with Crippen LogP contribution < -0.4 is 5.32 Å². The van der Waals surface area contributed by atoms with Crippen LogP contribution in [0.4, 0.5) is 0 Å². The van der Waals surface area contributed by atoms with E-state index in [2.05, 4.69) is 62.2 Å². The fraction of sp³-hybridized carbons (Fsp3) is 0.684. The minimum atomic E-state index is 0.527. The third-order valence-electron chi connectivity index (χ3n) is 5.39. The van der Waals surface area contributed by atoms with Crippen LogP contribution in [0, 0.1) is 5.92 Å². The van der Waals surface area contributed by atoms with Gasteiger partial charge >= 0.3 is 0 Å². The van der Waals surface area contributed by atoms with Gasteiger partial charge in [0.2, 0.25) is 0 Å². The van der Waals surface area contributed by atoms with E-state index in [1.165, 1.54) is 32.1 Å². The summed E-state index contributed by atoms with van der Waals surface area (Å²) in [6.45, 7) is 4.84. The van der Waals surface area contributed by atoms with Gasteiger partial charge in [0.15, 0.2) is 0 Å². The van der Waals surface area contributed by atoms with Crippen molar-refractivity contribution in [2.75, 3.05) is 7.05 Å². The molecule has 0 aromatic heterocycles. The molecule has 0 radical (unpaired) electrons. The van der Waals surface area contributed by atoms with Crippen molar-refractivity contribution < 1.29 is 0 Å². The summed E-state index contributed by atoms with van der Waals surface area (Å²) < 4.78 is 0. The van der Waals surface area contributed by atoms with E-state index in [0.717, 1.165) is 16.4 Å². The Hall–Kier alpha value is -0.470. The Bertz CT molecular complexity index is 472. The first-order valence-corrected chi connectivity index (χ1v) is 9.55. The van der Waals surface area contributed by atoms with Gasteiger partial charge in [-0.15, -0.1) is 0 Å². The fourth-order valence-electron chi connectivity index (χ4n) is 4.28. The maximum absolute atomic E-state index is 3.61. The van der Waals surface area contributed by atoms with Crippen LogP contribution >= 0.6 is 11.8 Å². The Kier molecular flexibility index (Phi) is 4.96. The van der Waals surface area contributed by atoms with Gasteiger partial charge in [0, 0.05) is 16.5 Å². The first-order valence-electron chi connectivity index (χ1n) is 8.60. The molecule has 1 aromatic rings. The highest BCUT2D eigenvalue weighted by atomic mass is 32.2. The van der Waals surface area contributed by atoms with E-state index in [4.69, 9.17) is 0 Å². The first kappa shape index (κ1) is 15.4. The lowest BCUT2D eigenvalue weighted by atomic mass is 9.81. The highest BCUT2D eigenvalue weighted by Gasteiger charge is 2.34. The summed E-state index contributed by atoms with van der Waals surface area (Å²) in [5.74, 6) is 1.63. The standard InChI is InChI=1S/C19H29NS/c1-13-7-6-8-15(11-13)21-18-12-14(2)16-9-4-5-10-17(16)19(18)20-3/h4-5,9-10,13-15,18-20H,6-8,11-12H2,1-3H3. The molecule has 0 saturated heterocycles. The van der Waals surface area contributed by atoms with E-state index in [0.29, 0.717) is 12.0 Å². The molecule has 2 aliphatic carbocycles. The number of thioether (sulfide) groups is 1. The molecule has 2 heteroatoms. The topological polar surface area (TPSA) is 12.0 Å². The normalized spacial score (nSPS) is 36.2. The summed E-state index contributed by atoms with van der Waals surface area (Å²) in [5.41, 5.74) is 3.10. The SMILES string of the molecule is CNC1c2ccccc2C(C)CC1SC1CCCC(C)C1. The van der Waals surface area contributed by atoms with Gasteiger partial charge in [-0.25, -0.2) is 0 Å². The third-order valence-corrected chi connectivity index (χ3v) is 7.01. The van der Waals surface area contributed by atoms with Crippen LogP contribution in [0.25, 0.3) is 0 Å². The monoisotopic (exact) mass is 303 g/mol. The number of nitrogens with one attached hydrogen (secondary N) is 1. The maximum Gasteiger partial charge on any atom is 0.0441 e. The molecule has 3 rings (SSSR count). The molecule has 21 heavy (non-hydrogen) atoms. The molecule has 1 nitrogen and oxygen atoms in total. The van der Waals surface area contributed by atoms with Crippen molar-refractivity contribution in [3.05, 3.63) is 35.4 Å². The van der Waals surface area contributed by atoms with Gasteiger partial charge in [-0.1, -0.05) is 51.0 Å². The van der Waals surface area contributed by atoms with Crippen LogP contribution in [0.5, 0.6) is 0 Å². The Morgan fingerprint density at radius 1 is 1.05 bits per heavy atom. The van der Waals surface area contributed by atoms with E-state index in [1.807, 2.05) is 0 Å². The lowest BCUT2D eigenvalue weighted by Crippen LogP contribution is -2.35. The van der Waals surface area contributed by atoms with Gasteiger partial charge < -0.3 is 5.32 Å². The summed E-state index contributed by atoms with van der Waals surface area (Å²) in [7, 11) is 2.13. The Morgan fingerprint density at radius 2 is 1.81 bits per heavy atom. The van der Waals surface area contributed by atoms with Crippen molar-refractivity contribution in [2.45, 2.75) is 68.4 Å². The van der Waals surface area contributed by atoms with Gasteiger partial charge in [0.25, 0.3) is 0 Å². The zero-order chi connectivity index (χ0) is 14.8. The maximum atomic E-state index is 3.61. The zero-order valence-corrected chi connectivity index (χ0v) is 14.5. The molecule has 5 atom stereocenters. The molecule has 1 saturated carbocycles. The number of rotatable bonds is 3. The van der Waals surface area contributed by atoms with Crippen molar-refractivity contribution in [1.29, 1.82) is 0 Å². The van der Waals surface area contributed by atoms with E-state index < -0.39 is 0 Å². The molecule has 116 valence electrons. The van der Waals surface area contributed by atoms with Crippen molar-refractivity contribution in [2.24, 2.45) is 5.92 Å². The van der Waals surface area contributed by atoms with Crippen LogP contribution in [-0.4, -0.2) is 17.5 Å². The Balaban J connectivity index is 1.76. The molecular weight excluding hydrogens is 274 g/mol. The summed E-state index contributed by atoms with van der Waals surface area (Å²) >= 11 is 2.28. The van der Waals surface area contributed by atoms with Crippen molar-refractivity contribution >= 4 is 11.8 Å². The number of fused-ring (bicyclic) bond motifs is 1. The van der Waals surface area contributed by atoms with Gasteiger partial charge in [-0.3, -0.25) is 0 Å². The molecule has 1 aromatic carbocycles. The third kappa shape index (κ3) is 3.32. The number of benzene rings is 1. The summed E-state index contributed by atoms with van der Waals surface area (Å²) in [4.78, 5) is 0. The van der Waals surface area contributed by atoms with Crippen LogP contribution in [0.3, 0.4) is 0 Å². The Morgan fingerprint density at radius 3 is 2.52 bits per heavy atom. The molecule has 0 spiro atoms. The molecule has 0 heterocycles. The minimum absolute atomic E-state index is 0.527. The van der Waals surface area contributed by atoms with E-state index in [1.54, 1.807) is 11.1 Å². The van der Waals surface area contributed by atoms with Crippen molar-refractivity contribution in [3.63, 3.8) is 0 Å². The quantitative estimate of drug-likeness (QED) is 0.830. The molecule has 0 aliphatic heterocycles. The second-order valence-electron chi connectivity index (χ2n) is 7.10. The summed E-state index contributed by atoms with van der Waals surface area (Å²) in [6, 6.07) is 9.58. The lowest BCUT2D eigenvalue weighted by Gasteiger charge is -2.39. The van der Waals surface area contributed by atoms with E-state index in [-0.39, 0.29) is 0 Å². The van der Waals surface area contributed by atoms with Gasteiger partial charge in [-0.05, 0) is 49.3 Å². The first-order chi connectivity index (χ1) is 10.2. The van der Waals surface area contributed by atoms with Crippen LogP contribution in [0.1, 0.15) is 69.0 Å². The lowest BCUT2D eigenvalue weighted by molar-refractivity contribution is 0.390. The van der Waals surface area contributed by atoms with Crippen LogP contribution in [0.2, 0.25) is 0 Å².